The number of hydrogen-bond acceptors (Lipinski definition) is 4. The zero-order valence-electron chi connectivity index (χ0n) is 16.2. The van der Waals surface area contributed by atoms with Gasteiger partial charge >= 0.3 is 0 Å². The third-order valence-electron chi connectivity index (χ3n) is 5.50. The van der Waals surface area contributed by atoms with Crippen LogP contribution in [0.15, 0.2) is 60.8 Å². The molecule has 28 heavy (non-hydrogen) atoms. The van der Waals surface area contributed by atoms with E-state index in [1.807, 2.05) is 73.7 Å². The van der Waals surface area contributed by atoms with Crippen LogP contribution < -0.4 is 10.2 Å². The van der Waals surface area contributed by atoms with Crippen molar-refractivity contribution in [2.24, 2.45) is 5.92 Å². The zero-order chi connectivity index (χ0) is 19.7. The first-order chi connectivity index (χ1) is 13.5. The van der Waals surface area contributed by atoms with Gasteiger partial charge in [-0.15, -0.1) is 0 Å². The Morgan fingerprint density at radius 3 is 2.68 bits per heavy atom. The van der Waals surface area contributed by atoms with E-state index in [9.17, 15) is 9.90 Å². The molecule has 1 atom stereocenters. The molecule has 5 heteroatoms. The number of pyridine rings is 1. The van der Waals surface area contributed by atoms with E-state index in [1.165, 1.54) is 0 Å². The van der Waals surface area contributed by atoms with Gasteiger partial charge in [0.25, 0.3) is 5.91 Å². The van der Waals surface area contributed by atoms with Gasteiger partial charge in [0.2, 0.25) is 0 Å². The van der Waals surface area contributed by atoms with Crippen molar-refractivity contribution in [3.8, 4) is 0 Å². The summed E-state index contributed by atoms with van der Waals surface area (Å²) in [4.78, 5) is 19.5. The molecule has 1 amide bonds. The van der Waals surface area contributed by atoms with Crippen molar-refractivity contribution >= 4 is 22.5 Å². The third kappa shape index (κ3) is 3.71. The smallest absolute Gasteiger partial charge is 0.251 e. The van der Waals surface area contributed by atoms with Crippen LogP contribution in [0.5, 0.6) is 0 Å². The number of anilines is 1. The van der Waals surface area contributed by atoms with Crippen molar-refractivity contribution < 1.29 is 9.90 Å². The molecular weight excluding hydrogens is 350 g/mol. The van der Waals surface area contributed by atoms with Gasteiger partial charge in [0.15, 0.2) is 0 Å². The van der Waals surface area contributed by atoms with E-state index >= 15 is 0 Å². The SMILES string of the molecule is CN(C)c1cccc(C(=O)N[C@H](c2cnc3ccccc3c2)C2CC(O)C2)c1. The fraction of sp³-hybridized carbons (Fsp3) is 0.304. The Kier molecular flexibility index (Phi) is 5.01. The van der Waals surface area contributed by atoms with Gasteiger partial charge in [-0.2, -0.15) is 0 Å². The molecule has 0 saturated heterocycles. The number of hydrogen-bond donors (Lipinski definition) is 2. The Labute approximate surface area is 165 Å². The number of rotatable bonds is 5. The van der Waals surface area contributed by atoms with Gasteiger partial charge in [-0.3, -0.25) is 9.78 Å². The molecule has 1 fully saturated rings. The molecule has 1 aliphatic carbocycles. The molecule has 1 aromatic heterocycles. The molecule has 0 bridgehead atoms. The van der Waals surface area contributed by atoms with Crippen molar-refractivity contribution in [3.63, 3.8) is 0 Å². The molecule has 4 rings (SSSR count). The Morgan fingerprint density at radius 1 is 1.14 bits per heavy atom. The molecule has 1 aliphatic rings. The summed E-state index contributed by atoms with van der Waals surface area (Å²) in [6.07, 6.45) is 2.94. The fourth-order valence-corrected chi connectivity index (χ4v) is 3.78. The summed E-state index contributed by atoms with van der Waals surface area (Å²) in [6.45, 7) is 0. The molecule has 0 radical (unpaired) electrons. The maximum atomic E-state index is 13.0. The third-order valence-corrected chi connectivity index (χ3v) is 5.50. The van der Waals surface area contributed by atoms with E-state index in [2.05, 4.69) is 16.4 Å². The first-order valence-corrected chi connectivity index (χ1v) is 9.62. The van der Waals surface area contributed by atoms with Gasteiger partial charge in [0, 0.05) is 36.9 Å². The monoisotopic (exact) mass is 375 g/mol. The van der Waals surface area contributed by atoms with E-state index in [0.29, 0.717) is 18.4 Å². The summed E-state index contributed by atoms with van der Waals surface area (Å²) >= 11 is 0. The molecule has 0 unspecified atom stereocenters. The summed E-state index contributed by atoms with van der Waals surface area (Å²) in [7, 11) is 3.91. The summed E-state index contributed by atoms with van der Waals surface area (Å²) in [5, 5.41) is 14.0. The van der Waals surface area contributed by atoms with Gasteiger partial charge in [-0.1, -0.05) is 24.3 Å². The lowest BCUT2D eigenvalue weighted by Gasteiger charge is -2.38. The predicted octanol–water partition coefficient (Wildman–Crippen LogP) is 3.54. The maximum absolute atomic E-state index is 13.0. The van der Waals surface area contributed by atoms with Crippen molar-refractivity contribution in [1.29, 1.82) is 0 Å². The largest absolute Gasteiger partial charge is 0.393 e. The van der Waals surface area contributed by atoms with Crippen molar-refractivity contribution in [3.05, 3.63) is 71.9 Å². The molecule has 2 aromatic carbocycles. The second-order valence-electron chi connectivity index (χ2n) is 7.74. The van der Waals surface area contributed by atoms with Gasteiger partial charge in [-0.25, -0.2) is 0 Å². The number of nitrogens with zero attached hydrogens (tertiary/aromatic N) is 2. The average molecular weight is 375 g/mol. The van der Waals surface area contributed by atoms with E-state index in [4.69, 9.17) is 0 Å². The molecule has 2 N–H and O–H groups in total. The Hall–Kier alpha value is -2.92. The van der Waals surface area contributed by atoms with Crippen LogP contribution in [-0.2, 0) is 0 Å². The predicted molar refractivity (Wildman–Crippen MR) is 111 cm³/mol. The second-order valence-corrected chi connectivity index (χ2v) is 7.74. The molecule has 144 valence electrons. The van der Waals surface area contributed by atoms with Crippen molar-refractivity contribution in [2.75, 3.05) is 19.0 Å². The number of carbonyl (C=O) groups excluding carboxylic acids is 1. The number of nitrogens with one attached hydrogen (secondary N) is 1. The van der Waals surface area contributed by atoms with Crippen LogP contribution in [0.2, 0.25) is 0 Å². The Balaban J connectivity index is 1.62. The Bertz CT molecular complexity index is 996. The molecule has 3 aromatic rings. The molecule has 1 heterocycles. The van der Waals surface area contributed by atoms with E-state index in [0.717, 1.165) is 22.2 Å². The highest BCUT2D eigenvalue weighted by Gasteiger charge is 2.36. The number of aromatic nitrogens is 1. The molecule has 5 nitrogen and oxygen atoms in total. The van der Waals surface area contributed by atoms with Crippen molar-refractivity contribution in [1.82, 2.24) is 10.3 Å². The highest BCUT2D eigenvalue weighted by Crippen LogP contribution is 2.38. The van der Waals surface area contributed by atoms with Gasteiger partial charge in [-0.05, 0) is 54.7 Å². The maximum Gasteiger partial charge on any atom is 0.251 e. The molecular formula is C23H25N3O2. The van der Waals surface area contributed by atoms with Crippen LogP contribution in [0, 0.1) is 5.92 Å². The number of aliphatic hydroxyl groups is 1. The van der Waals surface area contributed by atoms with Crippen LogP contribution in [0.4, 0.5) is 5.69 Å². The number of fused-ring (bicyclic) bond motifs is 1. The summed E-state index contributed by atoms with van der Waals surface area (Å²) < 4.78 is 0. The Morgan fingerprint density at radius 2 is 1.93 bits per heavy atom. The van der Waals surface area contributed by atoms with Crippen LogP contribution >= 0.6 is 0 Å². The number of carbonyl (C=O) groups is 1. The number of aliphatic hydroxyl groups excluding tert-OH is 1. The topological polar surface area (TPSA) is 65.5 Å². The van der Waals surface area contributed by atoms with Crippen LogP contribution in [0.3, 0.4) is 0 Å². The van der Waals surface area contributed by atoms with Crippen molar-refractivity contribution in [2.45, 2.75) is 25.0 Å². The standard InChI is InChI=1S/C23H25N3O2/c1-26(2)19-8-5-7-16(11-19)23(28)25-22(17-12-20(27)13-17)18-10-15-6-3-4-9-21(15)24-14-18/h3-11,14,17,20,22,27H,12-13H2,1-2H3,(H,25,28)/t17?,20?,22-/m0/s1. The van der Waals surface area contributed by atoms with Crippen LogP contribution in [0.1, 0.15) is 34.8 Å². The van der Waals surface area contributed by atoms with E-state index in [-0.39, 0.29) is 24.0 Å². The first kappa shape index (κ1) is 18.4. The minimum absolute atomic E-state index is 0.108. The number of para-hydroxylation sites is 1. The lowest BCUT2D eigenvalue weighted by molar-refractivity contribution is 0.0235. The van der Waals surface area contributed by atoms with Gasteiger partial charge in [0.05, 0.1) is 17.7 Å². The normalized spacial score (nSPS) is 19.7. The van der Waals surface area contributed by atoms with E-state index in [1.54, 1.807) is 0 Å². The van der Waals surface area contributed by atoms with E-state index < -0.39 is 0 Å². The summed E-state index contributed by atoms with van der Waals surface area (Å²) in [6, 6.07) is 17.5. The summed E-state index contributed by atoms with van der Waals surface area (Å²) in [5.74, 6) is 0.0993. The fourth-order valence-electron chi connectivity index (χ4n) is 3.78. The average Bonchev–Trinajstić information content (AvgIpc) is 2.69. The van der Waals surface area contributed by atoms with Gasteiger partial charge in [0.1, 0.15) is 0 Å². The highest BCUT2D eigenvalue weighted by molar-refractivity contribution is 5.95. The molecule has 1 saturated carbocycles. The minimum Gasteiger partial charge on any atom is -0.393 e. The quantitative estimate of drug-likeness (QED) is 0.716. The minimum atomic E-state index is -0.283. The highest BCUT2D eigenvalue weighted by atomic mass is 16.3. The number of amides is 1. The molecule has 0 aliphatic heterocycles. The zero-order valence-corrected chi connectivity index (χ0v) is 16.2. The van der Waals surface area contributed by atoms with Gasteiger partial charge < -0.3 is 15.3 Å². The lowest BCUT2D eigenvalue weighted by atomic mass is 9.75. The second kappa shape index (κ2) is 7.60. The number of benzene rings is 2. The summed E-state index contributed by atoms with van der Waals surface area (Å²) in [5.41, 5.74) is 3.52. The molecule has 0 spiro atoms. The first-order valence-electron chi connectivity index (χ1n) is 9.62. The van der Waals surface area contributed by atoms with Crippen LogP contribution in [-0.4, -0.2) is 36.2 Å². The van der Waals surface area contributed by atoms with Crippen LogP contribution in [0.25, 0.3) is 10.9 Å². The lowest BCUT2D eigenvalue weighted by Crippen LogP contribution is -2.41.